The van der Waals surface area contributed by atoms with Gasteiger partial charge in [-0.1, -0.05) is 148 Å². The first-order chi connectivity index (χ1) is 14.2. The van der Waals surface area contributed by atoms with Gasteiger partial charge in [0.05, 0.1) is 0 Å². The molecule has 1 unspecified atom stereocenters. The van der Waals surface area contributed by atoms with Crippen molar-refractivity contribution in [3.63, 3.8) is 0 Å². The third-order valence-electron chi connectivity index (χ3n) is 6.12. The van der Waals surface area contributed by atoms with Crippen LogP contribution in [0.1, 0.15) is 155 Å². The largest absolute Gasteiger partial charge is 0.479 e. The van der Waals surface area contributed by atoms with Crippen molar-refractivity contribution in [3.8, 4) is 0 Å². The molecule has 1 radical (unpaired) electrons. The fraction of sp³-hybridized carbons (Fsp3) is 0.962. The summed E-state index contributed by atoms with van der Waals surface area (Å²) in [6.45, 7) is 2.29. The van der Waals surface area contributed by atoms with E-state index in [0.29, 0.717) is 6.42 Å². The molecule has 2 N–H and O–H groups in total. The van der Waals surface area contributed by atoms with Crippen molar-refractivity contribution >= 4 is 35.5 Å². The smallest absolute Gasteiger partial charge is 0.332 e. The Balaban J connectivity index is 0. The Morgan fingerprint density at radius 3 is 1.00 bits per heavy atom. The molecule has 0 aromatic heterocycles. The van der Waals surface area contributed by atoms with Gasteiger partial charge in [-0.3, -0.25) is 0 Å². The standard InChI is InChI=1S/C26H52O3.Na/c1-2-3-4-5-6-7-8-9-10-11-12-13-14-15-16-17-18-19-20-21-22-23-24-25(27)26(28)29;/h25,27H,2-24H2,1H3,(H,28,29);. The van der Waals surface area contributed by atoms with E-state index in [9.17, 15) is 9.90 Å². The van der Waals surface area contributed by atoms with E-state index < -0.39 is 12.1 Å². The first-order valence-corrected chi connectivity index (χ1v) is 13.1. The molecule has 0 heterocycles. The molecule has 0 bridgehead atoms. The number of aliphatic carboxylic acids is 1. The summed E-state index contributed by atoms with van der Waals surface area (Å²) in [5, 5.41) is 17.8. The van der Waals surface area contributed by atoms with E-state index in [1.54, 1.807) is 0 Å². The third-order valence-corrected chi connectivity index (χ3v) is 6.12. The molecule has 0 spiro atoms. The molecule has 0 aromatic carbocycles. The van der Waals surface area contributed by atoms with E-state index >= 15 is 0 Å². The number of unbranched alkanes of at least 4 members (excludes halogenated alkanes) is 21. The van der Waals surface area contributed by atoms with Crippen LogP contribution in [0.4, 0.5) is 0 Å². The number of aliphatic hydroxyl groups is 1. The van der Waals surface area contributed by atoms with Gasteiger partial charge >= 0.3 is 5.97 Å². The first kappa shape index (κ1) is 32.6. The minimum Gasteiger partial charge on any atom is -0.479 e. The molecule has 0 saturated carbocycles. The summed E-state index contributed by atoms with van der Waals surface area (Å²) in [6, 6.07) is 0. The van der Waals surface area contributed by atoms with Gasteiger partial charge in [0, 0.05) is 29.6 Å². The summed E-state index contributed by atoms with van der Waals surface area (Å²) in [6.07, 6.45) is 29.0. The maximum atomic E-state index is 10.5. The first-order valence-electron chi connectivity index (χ1n) is 13.1. The third kappa shape index (κ3) is 26.5. The predicted molar refractivity (Wildman–Crippen MR) is 131 cm³/mol. The van der Waals surface area contributed by atoms with Gasteiger partial charge in [-0.05, 0) is 6.42 Å². The Hall–Kier alpha value is 0.430. The van der Waals surface area contributed by atoms with Crippen molar-refractivity contribution in [2.24, 2.45) is 0 Å². The Labute approximate surface area is 210 Å². The Morgan fingerprint density at radius 1 is 0.533 bits per heavy atom. The van der Waals surface area contributed by atoms with Crippen LogP contribution < -0.4 is 0 Å². The summed E-state index contributed by atoms with van der Waals surface area (Å²) in [5.41, 5.74) is 0. The molecule has 0 aliphatic heterocycles. The van der Waals surface area contributed by atoms with Gasteiger partial charge in [-0.2, -0.15) is 0 Å². The average Bonchev–Trinajstić information content (AvgIpc) is 2.71. The van der Waals surface area contributed by atoms with Crippen molar-refractivity contribution in [2.45, 2.75) is 161 Å². The number of rotatable bonds is 24. The number of aliphatic hydroxyl groups excluding tert-OH is 1. The van der Waals surface area contributed by atoms with Crippen molar-refractivity contribution < 1.29 is 15.0 Å². The van der Waals surface area contributed by atoms with Gasteiger partial charge in [-0.25, -0.2) is 4.79 Å². The molecule has 0 aliphatic carbocycles. The zero-order valence-electron chi connectivity index (χ0n) is 20.6. The summed E-state index contributed by atoms with van der Waals surface area (Å²) < 4.78 is 0. The SMILES string of the molecule is CCCCCCCCCCCCCCCCCCCCCCCCC(O)C(=O)O.[Na]. The van der Waals surface area contributed by atoms with E-state index in [1.807, 2.05) is 0 Å². The summed E-state index contributed by atoms with van der Waals surface area (Å²) >= 11 is 0. The average molecular weight is 436 g/mol. The molecule has 0 amide bonds. The van der Waals surface area contributed by atoms with Gasteiger partial charge in [0.1, 0.15) is 0 Å². The minimum atomic E-state index is -1.17. The van der Waals surface area contributed by atoms with Crippen LogP contribution in [0.15, 0.2) is 0 Å². The number of carboxylic acid groups (broad SMARTS) is 1. The zero-order chi connectivity index (χ0) is 21.4. The van der Waals surface area contributed by atoms with Crippen molar-refractivity contribution in [1.29, 1.82) is 0 Å². The van der Waals surface area contributed by atoms with E-state index in [-0.39, 0.29) is 29.6 Å². The number of carbonyl (C=O) groups is 1. The quantitative estimate of drug-likeness (QED) is 0.119. The molecular weight excluding hydrogens is 383 g/mol. The number of carboxylic acids is 1. The van der Waals surface area contributed by atoms with Gasteiger partial charge in [0.2, 0.25) is 0 Å². The molecule has 30 heavy (non-hydrogen) atoms. The fourth-order valence-corrected chi connectivity index (χ4v) is 4.07. The van der Waals surface area contributed by atoms with Crippen LogP contribution in [0.5, 0.6) is 0 Å². The van der Waals surface area contributed by atoms with Crippen LogP contribution >= 0.6 is 0 Å². The molecular formula is C26H52NaO3. The van der Waals surface area contributed by atoms with E-state index in [0.717, 1.165) is 12.8 Å². The molecule has 175 valence electrons. The second-order valence-corrected chi connectivity index (χ2v) is 9.07. The van der Waals surface area contributed by atoms with Crippen molar-refractivity contribution in [3.05, 3.63) is 0 Å². The molecule has 0 aliphatic rings. The minimum absolute atomic E-state index is 0. The molecule has 1 atom stereocenters. The summed E-state index contributed by atoms with van der Waals surface area (Å²) in [4.78, 5) is 10.5. The molecule has 4 heteroatoms. The van der Waals surface area contributed by atoms with Crippen LogP contribution in [0, 0.1) is 0 Å². The Morgan fingerprint density at radius 2 is 0.767 bits per heavy atom. The van der Waals surface area contributed by atoms with Crippen LogP contribution in [0.25, 0.3) is 0 Å². The zero-order valence-corrected chi connectivity index (χ0v) is 22.6. The Kier molecular flexibility index (Phi) is 29.9. The normalized spacial score (nSPS) is 11.9. The number of hydrogen-bond donors (Lipinski definition) is 2. The van der Waals surface area contributed by atoms with Crippen molar-refractivity contribution in [1.82, 2.24) is 0 Å². The van der Waals surface area contributed by atoms with Gasteiger partial charge < -0.3 is 10.2 Å². The molecule has 0 rings (SSSR count). The summed E-state index contributed by atoms with van der Waals surface area (Å²) in [7, 11) is 0. The fourth-order valence-electron chi connectivity index (χ4n) is 4.07. The van der Waals surface area contributed by atoms with Gasteiger partial charge in [0.15, 0.2) is 6.10 Å². The Bertz CT molecular complexity index is 336. The maximum absolute atomic E-state index is 10.5. The van der Waals surface area contributed by atoms with Crippen LogP contribution in [0.2, 0.25) is 0 Å². The second kappa shape index (κ2) is 27.5. The molecule has 3 nitrogen and oxygen atoms in total. The van der Waals surface area contributed by atoms with E-state index in [4.69, 9.17) is 5.11 Å². The van der Waals surface area contributed by atoms with Crippen LogP contribution in [-0.4, -0.2) is 51.8 Å². The summed E-state index contributed by atoms with van der Waals surface area (Å²) in [5.74, 6) is -1.09. The van der Waals surface area contributed by atoms with Gasteiger partial charge in [-0.15, -0.1) is 0 Å². The molecule has 0 aromatic rings. The maximum Gasteiger partial charge on any atom is 0.332 e. The monoisotopic (exact) mass is 435 g/mol. The second-order valence-electron chi connectivity index (χ2n) is 9.07. The predicted octanol–water partition coefficient (Wildman–Crippen LogP) is 8.04. The topological polar surface area (TPSA) is 57.5 Å². The molecule has 0 fully saturated rings. The van der Waals surface area contributed by atoms with Crippen LogP contribution in [0.3, 0.4) is 0 Å². The number of hydrogen-bond acceptors (Lipinski definition) is 2. The molecule has 0 saturated heterocycles. The van der Waals surface area contributed by atoms with E-state index in [1.165, 1.54) is 128 Å². The van der Waals surface area contributed by atoms with Gasteiger partial charge in [0.25, 0.3) is 0 Å². The van der Waals surface area contributed by atoms with E-state index in [2.05, 4.69) is 6.92 Å². The van der Waals surface area contributed by atoms with Crippen molar-refractivity contribution in [2.75, 3.05) is 0 Å². The van der Waals surface area contributed by atoms with Crippen LogP contribution in [-0.2, 0) is 4.79 Å².